The molecule has 1 rings (SSSR count). The van der Waals surface area contributed by atoms with Crippen LogP contribution in [-0.2, 0) is 5.33 Å². The summed E-state index contributed by atoms with van der Waals surface area (Å²) in [6.45, 7) is 1.93. The molecule has 0 fully saturated rings. The minimum absolute atomic E-state index is 0.711. The van der Waals surface area contributed by atoms with Crippen molar-refractivity contribution in [2.24, 2.45) is 5.11 Å². The zero-order valence-corrected chi connectivity index (χ0v) is 8.24. The maximum absolute atomic E-state index is 8.31. The average Bonchev–Trinajstić information content (AvgIpc) is 2.09. The third-order valence-corrected chi connectivity index (χ3v) is 2.21. The van der Waals surface area contributed by atoms with E-state index in [4.69, 9.17) is 5.53 Å². The van der Waals surface area contributed by atoms with Gasteiger partial charge >= 0.3 is 0 Å². The molecule has 0 heterocycles. The third-order valence-electron chi connectivity index (χ3n) is 1.61. The summed E-state index contributed by atoms with van der Waals surface area (Å²) < 4.78 is 0. The van der Waals surface area contributed by atoms with Crippen molar-refractivity contribution in [1.29, 1.82) is 0 Å². The fraction of sp³-hybridized carbons (Fsp3) is 0.250. The Bertz CT molecular complexity index is 329. The standard InChI is InChI=1S/C8H8BrN3/c1-6-3-2-4-7(5-9)8(6)11-12-10/h2-4H,5H2,1H3. The van der Waals surface area contributed by atoms with Gasteiger partial charge in [-0.25, -0.2) is 0 Å². The van der Waals surface area contributed by atoms with Gasteiger partial charge in [-0.2, -0.15) is 0 Å². The van der Waals surface area contributed by atoms with Gasteiger partial charge < -0.3 is 0 Å². The summed E-state index contributed by atoms with van der Waals surface area (Å²) in [6, 6.07) is 5.81. The van der Waals surface area contributed by atoms with Crippen LogP contribution in [0.4, 0.5) is 5.69 Å². The molecule has 3 nitrogen and oxygen atoms in total. The van der Waals surface area contributed by atoms with Crippen molar-refractivity contribution >= 4 is 21.6 Å². The summed E-state index contributed by atoms with van der Waals surface area (Å²) >= 11 is 3.33. The predicted molar refractivity (Wildman–Crippen MR) is 52.6 cm³/mol. The van der Waals surface area contributed by atoms with Gasteiger partial charge in [0, 0.05) is 15.9 Å². The monoisotopic (exact) mass is 225 g/mol. The first kappa shape index (κ1) is 9.10. The number of azide groups is 1. The highest BCUT2D eigenvalue weighted by Crippen LogP contribution is 2.25. The van der Waals surface area contributed by atoms with Gasteiger partial charge in [-0.05, 0) is 23.6 Å². The smallest absolute Gasteiger partial charge is 0.0445 e. The van der Waals surface area contributed by atoms with E-state index in [1.807, 2.05) is 25.1 Å². The Hall–Kier alpha value is -0.990. The molecule has 0 aliphatic heterocycles. The molecule has 0 unspecified atom stereocenters. The quantitative estimate of drug-likeness (QED) is 0.318. The Morgan fingerprint density at radius 2 is 2.33 bits per heavy atom. The van der Waals surface area contributed by atoms with Crippen molar-refractivity contribution in [3.05, 3.63) is 39.8 Å². The molecular formula is C8H8BrN3. The van der Waals surface area contributed by atoms with Crippen LogP contribution in [0, 0.1) is 6.92 Å². The summed E-state index contributed by atoms with van der Waals surface area (Å²) in [5.74, 6) is 0. The average molecular weight is 226 g/mol. The molecule has 0 saturated heterocycles. The molecule has 0 N–H and O–H groups in total. The van der Waals surface area contributed by atoms with Gasteiger partial charge in [0.25, 0.3) is 0 Å². The molecule has 0 saturated carbocycles. The van der Waals surface area contributed by atoms with E-state index in [0.29, 0.717) is 5.33 Å². The minimum atomic E-state index is 0.711. The van der Waals surface area contributed by atoms with E-state index < -0.39 is 0 Å². The second-order valence-electron chi connectivity index (χ2n) is 2.41. The lowest BCUT2D eigenvalue weighted by atomic mass is 10.1. The summed E-state index contributed by atoms with van der Waals surface area (Å²) in [5, 5.41) is 4.34. The lowest BCUT2D eigenvalue weighted by Crippen LogP contribution is -1.81. The molecule has 0 aromatic heterocycles. The van der Waals surface area contributed by atoms with Crippen LogP contribution in [0.2, 0.25) is 0 Å². The lowest BCUT2D eigenvalue weighted by Gasteiger charge is -2.03. The SMILES string of the molecule is Cc1cccc(CBr)c1N=[N+]=[N-]. The van der Waals surface area contributed by atoms with Crippen LogP contribution in [0.1, 0.15) is 11.1 Å². The number of hydrogen-bond donors (Lipinski definition) is 0. The zero-order valence-electron chi connectivity index (χ0n) is 6.66. The highest BCUT2D eigenvalue weighted by Gasteiger charge is 2.00. The summed E-state index contributed by atoms with van der Waals surface area (Å²) in [6.07, 6.45) is 0. The van der Waals surface area contributed by atoms with Crippen LogP contribution >= 0.6 is 15.9 Å². The number of halogens is 1. The van der Waals surface area contributed by atoms with Crippen molar-refractivity contribution in [2.75, 3.05) is 0 Å². The van der Waals surface area contributed by atoms with Crippen molar-refractivity contribution in [3.63, 3.8) is 0 Å². The van der Waals surface area contributed by atoms with Crippen molar-refractivity contribution in [3.8, 4) is 0 Å². The molecule has 1 aromatic carbocycles. The topological polar surface area (TPSA) is 48.8 Å². The van der Waals surface area contributed by atoms with Gasteiger partial charge in [-0.1, -0.05) is 39.2 Å². The Kier molecular flexibility index (Phi) is 3.14. The largest absolute Gasteiger partial charge is 0.0876 e. The molecule has 0 aliphatic rings. The number of nitrogens with zero attached hydrogens (tertiary/aromatic N) is 3. The molecule has 4 heteroatoms. The van der Waals surface area contributed by atoms with Crippen molar-refractivity contribution in [1.82, 2.24) is 0 Å². The zero-order chi connectivity index (χ0) is 8.97. The van der Waals surface area contributed by atoms with E-state index >= 15 is 0 Å². The lowest BCUT2D eigenvalue weighted by molar-refractivity contribution is 1.30. The molecular weight excluding hydrogens is 218 g/mol. The first-order chi connectivity index (χ1) is 5.79. The molecule has 0 amide bonds. The van der Waals surface area contributed by atoms with Gasteiger partial charge in [0.15, 0.2) is 0 Å². The van der Waals surface area contributed by atoms with Gasteiger partial charge in [-0.15, -0.1) is 0 Å². The van der Waals surface area contributed by atoms with Crippen LogP contribution in [0.25, 0.3) is 10.4 Å². The van der Waals surface area contributed by atoms with Crippen molar-refractivity contribution in [2.45, 2.75) is 12.3 Å². The van der Waals surface area contributed by atoms with Gasteiger partial charge in [0.05, 0.1) is 0 Å². The normalized spacial score (nSPS) is 9.17. The summed E-state index contributed by atoms with van der Waals surface area (Å²) in [5.41, 5.74) is 11.1. The van der Waals surface area contributed by atoms with E-state index in [1.54, 1.807) is 0 Å². The number of benzene rings is 1. The third kappa shape index (κ3) is 1.78. The number of aryl methyl sites for hydroxylation is 1. The van der Waals surface area contributed by atoms with E-state index in [1.165, 1.54) is 0 Å². The molecule has 0 bridgehead atoms. The van der Waals surface area contributed by atoms with Crippen LogP contribution in [0.15, 0.2) is 23.3 Å². The van der Waals surface area contributed by atoms with Crippen LogP contribution < -0.4 is 0 Å². The Morgan fingerprint density at radius 1 is 1.58 bits per heavy atom. The van der Waals surface area contributed by atoms with Gasteiger partial charge in [-0.3, -0.25) is 0 Å². The maximum atomic E-state index is 8.31. The van der Waals surface area contributed by atoms with Gasteiger partial charge in [0.1, 0.15) is 0 Å². The van der Waals surface area contributed by atoms with E-state index in [-0.39, 0.29) is 0 Å². The predicted octanol–water partition coefficient (Wildman–Crippen LogP) is 3.83. The van der Waals surface area contributed by atoms with Crippen molar-refractivity contribution < 1.29 is 0 Å². The first-order valence-electron chi connectivity index (χ1n) is 3.49. The highest BCUT2D eigenvalue weighted by atomic mass is 79.9. The van der Waals surface area contributed by atoms with Crippen LogP contribution in [0.3, 0.4) is 0 Å². The maximum Gasteiger partial charge on any atom is 0.0445 e. The molecule has 62 valence electrons. The Balaban J connectivity index is 3.28. The van der Waals surface area contributed by atoms with Crippen LogP contribution in [0.5, 0.6) is 0 Å². The van der Waals surface area contributed by atoms with E-state index in [9.17, 15) is 0 Å². The summed E-state index contributed by atoms with van der Waals surface area (Å²) in [4.78, 5) is 2.78. The molecule has 0 aliphatic carbocycles. The van der Waals surface area contributed by atoms with Gasteiger partial charge in [0.2, 0.25) is 0 Å². The fourth-order valence-corrected chi connectivity index (χ4v) is 1.47. The molecule has 12 heavy (non-hydrogen) atoms. The fourth-order valence-electron chi connectivity index (χ4n) is 1.02. The second-order valence-corrected chi connectivity index (χ2v) is 2.97. The number of rotatable bonds is 2. The number of alkyl halides is 1. The molecule has 0 atom stereocenters. The van der Waals surface area contributed by atoms with E-state index in [0.717, 1.165) is 16.8 Å². The highest BCUT2D eigenvalue weighted by molar-refractivity contribution is 9.08. The van der Waals surface area contributed by atoms with E-state index in [2.05, 4.69) is 26.0 Å². The minimum Gasteiger partial charge on any atom is -0.0876 e. The Morgan fingerprint density at radius 3 is 2.92 bits per heavy atom. The number of hydrogen-bond acceptors (Lipinski definition) is 1. The molecule has 0 spiro atoms. The first-order valence-corrected chi connectivity index (χ1v) is 4.61. The molecule has 1 aromatic rings. The second kappa shape index (κ2) is 4.14. The molecule has 0 radical (unpaired) electrons. The van der Waals surface area contributed by atoms with Crippen LogP contribution in [-0.4, -0.2) is 0 Å². The Labute approximate surface area is 79.2 Å². The summed E-state index contributed by atoms with van der Waals surface area (Å²) in [7, 11) is 0.